The first-order chi connectivity index (χ1) is 7.08. The Labute approximate surface area is 86.1 Å². The Morgan fingerprint density at radius 1 is 1.53 bits per heavy atom. The van der Waals surface area contributed by atoms with Gasteiger partial charge in [-0.05, 0) is 12.8 Å². The van der Waals surface area contributed by atoms with Crippen LogP contribution in [0.1, 0.15) is 25.7 Å². The molecule has 2 N–H and O–H groups in total. The van der Waals surface area contributed by atoms with Crippen LogP contribution in [0.2, 0.25) is 0 Å². The lowest BCUT2D eigenvalue weighted by Gasteiger charge is -2.33. The summed E-state index contributed by atoms with van der Waals surface area (Å²) >= 11 is 0. The van der Waals surface area contributed by atoms with Crippen molar-refractivity contribution in [2.45, 2.75) is 43.9 Å². The second-order valence-electron chi connectivity index (χ2n) is 3.92. The maximum atomic E-state index is 13.4. The monoisotopic (exact) mass is 217 g/mol. The van der Waals surface area contributed by atoms with Crippen LogP contribution in [0.15, 0.2) is 4.99 Å². The molecule has 1 aliphatic heterocycles. The van der Waals surface area contributed by atoms with Gasteiger partial charge in [0, 0.05) is 6.42 Å². The number of rotatable bonds is 2. The Morgan fingerprint density at radius 2 is 2.33 bits per heavy atom. The topological polar surface area (TPSA) is 53.5 Å². The SMILES string of the molecule is O=C1C=NC(NC2CCCCC2(F)F)N1. The van der Waals surface area contributed by atoms with E-state index in [1.54, 1.807) is 0 Å². The smallest absolute Gasteiger partial charge is 0.264 e. The molecule has 1 amide bonds. The molecule has 6 heteroatoms. The fraction of sp³-hybridized carbons (Fsp3) is 0.778. The molecule has 0 bridgehead atoms. The molecular formula is C9H13F2N3O. The highest BCUT2D eigenvalue weighted by atomic mass is 19.3. The van der Waals surface area contributed by atoms with Gasteiger partial charge in [0.2, 0.25) is 0 Å². The van der Waals surface area contributed by atoms with Crippen LogP contribution in [0.3, 0.4) is 0 Å². The van der Waals surface area contributed by atoms with Gasteiger partial charge in [-0.3, -0.25) is 10.1 Å². The molecule has 15 heavy (non-hydrogen) atoms. The minimum absolute atomic E-state index is 0.0882. The Hall–Kier alpha value is -1.04. The van der Waals surface area contributed by atoms with E-state index < -0.39 is 18.3 Å². The highest BCUT2D eigenvalue weighted by Crippen LogP contribution is 2.33. The van der Waals surface area contributed by atoms with E-state index in [1.807, 2.05) is 0 Å². The summed E-state index contributed by atoms with van der Waals surface area (Å²) in [5, 5.41) is 5.09. The number of aliphatic imine (C=N–C) groups is 1. The van der Waals surface area contributed by atoms with Gasteiger partial charge in [0.25, 0.3) is 11.8 Å². The molecule has 2 aliphatic rings. The first-order valence-electron chi connectivity index (χ1n) is 5.05. The molecule has 1 saturated carbocycles. The zero-order valence-corrected chi connectivity index (χ0v) is 8.17. The molecule has 2 unspecified atom stereocenters. The van der Waals surface area contributed by atoms with Gasteiger partial charge in [0.05, 0.1) is 12.3 Å². The number of nitrogens with one attached hydrogen (secondary N) is 2. The third-order valence-electron chi connectivity index (χ3n) is 2.74. The van der Waals surface area contributed by atoms with Crippen molar-refractivity contribution < 1.29 is 13.6 Å². The van der Waals surface area contributed by atoms with Gasteiger partial charge >= 0.3 is 0 Å². The van der Waals surface area contributed by atoms with Crippen LogP contribution < -0.4 is 10.6 Å². The molecular weight excluding hydrogens is 204 g/mol. The van der Waals surface area contributed by atoms with E-state index in [4.69, 9.17) is 0 Å². The number of amides is 1. The largest absolute Gasteiger partial charge is 0.317 e. The molecule has 2 atom stereocenters. The number of halogens is 2. The quantitative estimate of drug-likeness (QED) is 0.713. The minimum Gasteiger partial charge on any atom is -0.317 e. The van der Waals surface area contributed by atoms with Gasteiger partial charge in [0.1, 0.15) is 0 Å². The van der Waals surface area contributed by atoms with Crippen LogP contribution in [-0.4, -0.2) is 30.4 Å². The van der Waals surface area contributed by atoms with Crippen molar-refractivity contribution in [1.29, 1.82) is 0 Å². The maximum absolute atomic E-state index is 13.4. The van der Waals surface area contributed by atoms with Crippen molar-refractivity contribution in [2.24, 2.45) is 4.99 Å². The fourth-order valence-corrected chi connectivity index (χ4v) is 1.93. The van der Waals surface area contributed by atoms with Gasteiger partial charge in [-0.2, -0.15) is 0 Å². The van der Waals surface area contributed by atoms with Crippen LogP contribution >= 0.6 is 0 Å². The van der Waals surface area contributed by atoms with Crippen LogP contribution in [0, 0.1) is 0 Å². The Kier molecular flexibility index (Phi) is 2.68. The fourth-order valence-electron chi connectivity index (χ4n) is 1.93. The molecule has 2 rings (SSSR count). The van der Waals surface area contributed by atoms with Gasteiger partial charge in [0.15, 0.2) is 6.29 Å². The predicted octanol–water partition coefficient (Wildman–Crippen LogP) is 0.638. The van der Waals surface area contributed by atoms with E-state index in [9.17, 15) is 13.6 Å². The van der Waals surface area contributed by atoms with Crippen molar-refractivity contribution in [1.82, 2.24) is 10.6 Å². The van der Waals surface area contributed by atoms with E-state index in [0.29, 0.717) is 12.8 Å². The van der Waals surface area contributed by atoms with Gasteiger partial charge < -0.3 is 5.32 Å². The third kappa shape index (κ3) is 2.31. The first kappa shape index (κ1) is 10.5. The predicted molar refractivity (Wildman–Crippen MR) is 50.8 cm³/mol. The number of hydrogen-bond acceptors (Lipinski definition) is 3. The first-order valence-corrected chi connectivity index (χ1v) is 5.05. The minimum atomic E-state index is -2.69. The van der Waals surface area contributed by atoms with Gasteiger partial charge in [-0.15, -0.1) is 0 Å². The van der Waals surface area contributed by atoms with Crippen LogP contribution in [0.25, 0.3) is 0 Å². The van der Waals surface area contributed by atoms with Crippen molar-refractivity contribution >= 4 is 12.1 Å². The average Bonchev–Trinajstić information content (AvgIpc) is 2.55. The molecule has 4 nitrogen and oxygen atoms in total. The van der Waals surface area contributed by atoms with Crippen LogP contribution in [0.4, 0.5) is 8.78 Å². The Balaban J connectivity index is 1.93. The zero-order valence-electron chi connectivity index (χ0n) is 8.17. The normalized spacial score (nSPS) is 34.1. The van der Waals surface area contributed by atoms with Crippen molar-refractivity contribution in [3.63, 3.8) is 0 Å². The molecule has 1 fully saturated rings. The van der Waals surface area contributed by atoms with Crippen LogP contribution in [-0.2, 0) is 4.79 Å². The van der Waals surface area contributed by atoms with Gasteiger partial charge in [-0.25, -0.2) is 13.8 Å². The summed E-state index contributed by atoms with van der Waals surface area (Å²) in [6.07, 6.45) is 2.11. The van der Waals surface area contributed by atoms with E-state index in [2.05, 4.69) is 15.6 Å². The summed E-state index contributed by atoms with van der Waals surface area (Å²) in [6.45, 7) is 0. The lowest BCUT2D eigenvalue weighted by atomic mass is 9.91. The molecule has 0 radical (unpaired) electrons. The number of carbonyl (C=O) groups is 1. The molecule has 1 aliphatic carbocycles. The van der Waals surface area contributed by atoms with Crippen molar-refractivity contribution in [3.8, 4) is 0 Å². The summed E-state index contributed by atoms with van der Waals surface area (Å²) in [4.78, 5) is 14.5. The van der Waals surface area contributed by atoms with Crippen molar-refractivity contribution in [3.05, 3.63) is 0 Å². The summed E-state index contributed by atoms with van der Waals surface area (Å²) in [5.41, 5.74) is 0. The number of alkyl halides is 2. The second-order valence-corrected chi connectivity index (χ2v) is 3.92. The molecule has 0 aromatic rings. The summed E-state index contributed by atoms with van der Waals surface area (Å²) < 4.78 is 26.8. The van der Waals surface area contributed by atoms with E-state index in [-0.39, 0.29) is 12.3 Å². The van der Waals surface area contributed by atoms with E-state index >= 15 is 0 Å². The summed E-state index contributed by atoms with van der Waals surface area (Å²) in [7, 11) is 0. The zero-order chi connectivity index (χ0) is 10.9. The van der Waals surface area contributed by atoms with E-state index in [0.717, 1.165) is 12.6 Å². The highest BCUT2D eigenvalue weighted by molar-refractivity contribution is 6.27. The number of carbonyl (C=O) groups excluding carboxylic acids is 1. The third-order valence-corrected chi connectivity index (χ3v) is 2.74. The molecule has 0 spiro atoms. The van der Waals surface area contributed by atoms with Gasteiger partial charge in [-0.1, -0.05) is 6.42 Å². The summed E-state index contributed by atoms with van der Waals surface area (Å²) in [5.74, 6) is -3.03. The molecule has 0 saturated heterocycles. The lowest BCUT2D eigenvalue weighted by Crippen LogP contribution is -2.53. The van der Waals surface area contributed by atoms with Crippen molar-refractivity contribution in [2.75, 3.05) is 0 Å². The molecule has 0 aromatic heterocycles. The second kappa shape index (κ2) is 3.84. The molecule has 1 heterocycles. The van der Waals surface area contributed by atoms with E-state index in [1.165, 1.54) is 0 Å². The number of nitrogens with zero attached hydrogens (tertiary/aromatic N) is 1. The Morgan fingerprint density at radius 3 is 2.93 bits per heavy atom. The highest BCUT2D eigenvalue weighted by Gasteiger charge is 2.42. The Bertz CT molecular complexity index is 293. The van der Waals surface area contributed by atoms with Crippen LogP contribution in [0.5, 0.6) is 0 Å². The average molecular weight is 217 g/mol. The lowest BCUT2D eigenvalue weighted by molar-refractivity contribution is -0.115. The molecule has 0 aromatic carbocycles. The number of hydrogen-bond donors (Lipinski definition) is 2. The summed E-state index contributed by atoms with van der Waals surface area (Å²) in [6, 6.07) is -0.883. The molecule has 84 valence electrons. The maximum Gasteiger partial charge on any atom is 0.264 e. The standard InChI is InChI=1S/C9H13F2N3O/c10-9(11)4-2-1-3-6(9)13-8-12-5-7(15)14-8/h5-6,8,13H,1-4H2,(H,14,15).